The van der Waals surface area contributed by atoms with Crippen LogP contribution in [-0.4, -0.2) is 34.6 Å². The summed E-state index contributed by atoms with van der Waals surface area (Å²) in [6.45, 7) is 8.60. The quantitative estimate of drug-likeness (QED) is 0.255. The zero-order valence-electron chi connectivity index (χ0n) is 22.2. The molecule has 0 radical (unpaired) electrons. The first-order chi connectivity index (χ1) is 17.7. The van der Waals surface area contributed by atoms with Crippen LogP contribution in [0.5, 0.6) is 0 Å². The molecule has 0 bridgehead atoms. The lowest BCUT2D eigenvalue weighted by atomic mass is 10.0. The molecule has 2 amide bonds. The van der Waals surface area contributed by atoms with Crippen molar-refractivity contribution in [1.29, 1.82) is 0 Å². The van der Waals surface area contributed by atoms with E-state index < -0.39 is 6.04 Å². The number of thioether (sulfide) groups is 1. The van der Waals surface area contributed by atoms with E-state index >= 15 is 0 Å². The fourth-order valence-electron chi connectivity index (χ4n) is 4.32. The predicted molar refractivity (Wildman–Crippen MR) is 159 cm³/mol. The number of aryl methyl sites for hydroxylation is 2. The molecule has 3 rings (SSSR count). The highest BCUT2D eigenvalue weighted by Gasteiger charge is 2.30. The van der Waals surface area contributed by atoms with Crippen LogP contribution in [0.25, 0.3) is 0 Å². The summed E-state index contributed by atoms with van der Waals surface area (Å²) in [5, 5.41) is 3.13. The Labute approximate surface area is 234 Å². The van der Waals surface area contributed by atoms with E-state index in [1.54, 1.807) is 16.7 Å². The second kappa shape index (κ2) is 14.4. The number of hydrogen-bond donors (Lipinski definition) is 1. The summed E-state index contributed by atoms with van der Waals surface area (Å²) in [6, 6.07) is 23.8. The van der Waals surface area contributed by atoms with Gasteiger partial charge < -0.3 is 10.2 Å². The van der Waals surface area contributed by atoms with E-state index in [1.165, 1.54) is 16.7 Å². The Bertz CT molecular complexity index is 1160. The van der Waals surface area contributed by atoms with Crippen molar-refractivity contribution in [3.05, 3.63) is 105 Å². The maximum Gasteiger partial charge on any atom is 0.243 e. The number of nitrogens with one attached hydrogen (secondary N) is 1. The summed E-state index contributed by atoms with van der Waals surface area (Å²) in [5.74, 6) is 0.917. The van der Waals surface area contributed by atoms with Crippen LogP contribution in [0.1, 0.15) is 48.1 Å². The third-order valence-electron chi connectivity index (χ3n) is 6.29. The third-order valence-corrected chi connectivity index (χ3v) is 7.77. The van der Waals surface area contributed by atoms with Crippen molar-refractivity contribution in [3.63, 3.8) is 0 Å². The molecule has 0 heterocycles. The van der Waals surface area contributed by atoms with Crippen molar-refractivity contribution < 1.29 is 9.59 Å². The number of rotatable bonds is 12. The summed E-state index contributed by atoms with van der Waals surface area (Å²) in [6.07, 6.45) is 1.29. The van der Waals surface area contributed by atoms with Crippen LogP contribution in [0.2, 0.25) is 0 Å². The van der Waals surface area contributed by atoms with Gasteiger partial charge in [0.15, 0.2) is 0 Å². The molecular weight excluding hydrogens is 544 g/mol. The molecule has 4 nitrogen and oxygen atoms in total. The molecular formula is C31H37BrN2O2S. The maximum atomic E-state index is 13.8. The Kier molecular flexibility index (Phi) is 11.3. The van der Waals surface area contributed by atoms with Gasteiger partial charge in [-0.2, -0.15) is 0 Å². The molecule has 0 spiro atoms. The van der Waals surface area contributed by atoms with Gasteiger partial charge in [-0.15, -0.1) is 11.8 Å². The van der Waals surface area contributed by atoms with Crippen LogP contribution >= 0.6 is 27.7 Å². The minimum Gasteiger partial charge on any atom is -0.352 e. The molecule has 0 aliphatic carbocycles. The average molecular weight is 582 g/mol. The molecule has 6 heteroatoms. The SMILES string of the molecule is CC[C@H](C)NC(=O)[C@@H](Cc1ccccc1)N(Cc1cccc(Br)c1)C(=O)CSCc1cc(C)cc(C)c1. The Morgan fingerprint density at radius 2 is 1.59 bits per heavy atom. The Morgan fingerprint density at radius 3 is 2.24 bits per heavy atom. The van der Waals surface area contributed by atoms with Crippen LogP contribution in [0, 0.1) is 13.8 Å². The highest BCUT2D eigenvalue weighted by Crippen LogP contribution is 2.21. The van der Waals surface area contributed by atoms with Crippen LogP contribution in [0.4, 0.5) is 0 Å². The number of halogens is 1. The van der Waals surface area contributed by atoms with Crippen molar-refractivity contribution in [3.8, 4) is 0 Å². The molecule has 1 N–H and O–H groups in total. The zero-order valence-corrected chi connectivity index (χ0v) is 24.6. The lowest BCUT2D eigenvalue weighted by Crippen LogP contribution is -2.52. The van der Waals surface area contributed by atoms with E-state index in [2.05, 4.69) is 53.3 Å². The molecule has 0 saturated carbocycles. The highest BCUT2D eigenvalue weighted by molar-refractivity contribution is 9.10. The zero-order chi connectivity index (χ0) is 26.8. The Morgan fingerprint density at radius 1 is 0.919 bits per heavy atom. The van der Waals surface area contributed by atoms with Gasteiger partial charge in [0.05, 0.1) is 5.75 Å². The minimum atomic E-state index is -0.607. The van der Waals surface area contributed by atoms with Gasteiger partial charge in [0, 0.05) is 29.2 Å². The van der Waals surface area contributed by atoms with E-state index in [0.29, 0.717) is 18.7 Å². The van der Waals surface area contributed by atoms with Gasteiger partial charge in [0.1, 0.15) is 6.04 Å². The minimum absolute atomic E-state index is 0.0328. The van der Waals surface area contributed by atoms with Gasteiger partial charge in [0.2, 0.25) is 11.8 Å². The van der Waals surface area contributed by atoms with Gasteiger partial charge in [-0.25, -0.2) is 0 Å². The fraction of sp³-hybridized carbons (Fsp3) is 0.355. The van der Waals surface area contributed by atoms with Crippen molar-refractivity contribution in [2.75, 3.05) is 5.75 Å². The van der Waals surface area contributed by atoms with E-state index in [9.17, 15) is 9.59 Å². The smallest absolute Gasteiger partial charge is 0.243 e. The first-order valence-corrected chi connectivity index (χ1v) is 14.7. The fourth-order valence-corrected chi connectivity index (χ4v) is 5.61. The number of amides is 2. The first kappa shape index (κ1) is 29.0. The van der Waals surface area contributed by atoms with Crippen LogP contribution in [0.15, 0.2) is 77.3 Å². The third kappa shape index (κ3) is 9.35. The molecule has 0 unspecified atom stereocenters. The number of hydrogen-bond acceptors (Lipinski definition) is 3. The molecule has 196 valence electrons. The van der Waals surface area contributed by atoms with Crippen LogP contribution < -0.4 is 5.32 Å². The highest BCUT2D eigenvalue weighted by atomic mass is 79.9. The van der Waals surface area contributed by atoms with Gasteiger partial charge in [0.25, 0.3) is 0 Å². The number of benzene rings is 3. The monoisotopic (exact) mass is 580 g/mol. The molecule has 0 fully saturated rings. The second-order valence-corrected chi connectivity index (χ2v) is 11.6. The second-order valence-electron chi connectivity index (χ2n) is 9.66. The summed E-state index contributed by atoms with van der Waals surface area (Å²) < 4.78 is 0.949. The summed E-state index contributed by atoms with van der Waals surface area (Å²) in [7, 11) is 0. The largest absolute Gasteiger partial charge is 0.352 e. The van der Waals surface area contributed by atoms with Crippen molar-refractivity contribution in [2.24, 2.45) is 0 Å². The molecule has 3 aromatic carbocycles. The van der Waals surface area contributed by atoms with E-state index in [0.717, 1.165) is 27.8 Å². The Balaban J connectivity index is 1.86. The number of carbonyl (C=O) groups excluding carboxylic acids is 2. The molecule has 37 heavy (non-hydrogen) atoms. The van der Waals surface area contributed by atoms with Crippen LogP contribution in [-0.2, 0) is 28.3 Å². The van der Waals surface area contributed by atoms with Crippen molar-refractivity contribution >= 4 is 39.5 Å². The molecule has 0 saturated heterocycles. The average Bonchev–Trinajstić information content (AvgIpc) is 2.86. The summed E-state index contributed by atoms with van der Waals surface area (Å²) in [5.41, 5.74) is 5.67. The lowest BCUT2D eigenvalue weighted by Gasteiger charge is -2.32. The normalized spacial score (nSPS) is 12.6. The van der Waals surface area contributed by atoms with Crippen molar-refractivity contribution in [2.45, 2.75) is 64.9 Å². The van der Waals surface area contributed by atoms with E-state index in [4.69, 9.17) is 0 Å². The maximum absolute atomic E-state index is 13.8. The summed E-state index contributed by atoms with van der Waals surface area (Å²) in [4.78, 5) is 29.1. The predicted octanol–water partition coefficient (Wildman–Crippen LogP) is 6.85. The number of carbonyl (C=O) groups is 2. The molecule has 0 aliphatic heterocycles. The first-order valence-electron chi connectivity index (χ1n) is 12.8. The molecule has 0 aromatic heterocycles. The van der Waals surface area contributed by atoms with Gasteiger partial charge in [-0.05, 0) is 56.0 Å². The molecule has 3 aromatic rings. The molecule has 2 atom stereocenters. The van der Waals surface area contributed by atoms with E-state index in [1.807, 2.05) is 68.4 Å². The van der Waals surface area contributed by atoms with Gasteiger partial charge in [-0.1, -0.05) is 94.6 Å². The lowest BCUT2D eigenvalue weighted by molar-refractivity contribution is -0.139. The standard InChI is InChI=1S/C31H37BrN2O2S/c1-5-24(4)33-31(36)29(18-25-10-7-6-8-11-25)34(19-26-12-9-13-28(32)17-26)30(35)21-37-20-27-15-22(2)14-23(3)16-27/h6-17,24,29H,5,18-21H2,1-4H3,(H,33,36)/t24-,29+/m0/s1. The molecule has 0 aliphatic rings. The van der Waals surface area contributed by atoms with Crippen LogP contribution in [0.3, 0.4) is 0 Å². The topological polar surface area (TPSA) is 49.4 Å². The van der Waals surface area contributed by atoms with Gasteiger partial charge in [-0.3, -0.25) is 9.59 Å². The number of nitrogens with zero attached hydrogens (tertiary/aromatic N) is 1. The van der Waals surface area contributed by atoms with Gasteiger partial charge >= 0.3 is 0 Å². The summed E-state index contributed by atoms with van der Waals surface area (Å²) >= 11 is 5.14. The van der Waals surface area contributed by atoms with E-state index in [-0.39, 0.29) is 17.9 Å². The van der Waals surface area contributed by atoms with Crippen molar-refractivity contribution in [1.82, 2.24) is 10.2 Å². The Hall–Kier alpha value is -2.57.